The Balaban J connectivity index is 1.36. The van der Waals surface area contributed by atoms with Gasteiger partial charge in [0.25, 0.3) is 5.91 Å². The second-order valence-electron chi connectivity index (χ2n) is 12.4. The van der Waals surface area contributed by atoms with Crippen LogP contribution in [0.5, 0.6) is 11.5 Å². The van der Waals surface area contributed by atoms with Gasteiger partial charge in [0, 0.05) is 12.1 Å². The van der Waals surface area contributed by atoms with Crippen molar-refractivity contribution in [2.75, 3.05) is 18.1 Å². The van der Waals surface area contributed by atoms with Crippen molar-refractivity contribution >= 4 is 48.0 Å². The summed E-state index contributed by atoms with van der Waals surface area (Å²) in [6.07, 6.45) is -1.95. The predicted octanol–water partition coefficient (Wildman–Crippen LogP) is 3.72. The first-order valence-corrected chi connectivity index (χ1v) is 15.9. The number of carboxylic acids is 2. The fraction of sp³-hybridized carbons (Fsp3) is 0.306. The molecule has 1 heterocycles. The second-order valence-corrected chi connectivity index (χ2v) is 12.4. The molecule has 0 radical (unpaired) electrons. The zero-order valence-corrected chi connectivity index (χ0v) is 28.4. The molecule has 274 valence electrons. The van der Waals surface area contributed by atoms with Gasteiger partial charge in [0.05, 0.1) is 13.2 Å². The molecule has 3 unspecified atom stereocenters. The zero-order valence-electron chi connectivity index (χ0n) is 28.4. The SMILES string of the molecule is CC(C)(C)OC(=O)NC(CCOc1ccc(N(C(=O)C=O)C2CN(C(C(=O)O)c3ccc(OC(=O)OCc4ccccc4)cc3)C2=O)cc1)C(=O)O. The van der Waals surface area contributed by atoms with Crippen molar-refractivity contribution in [1.82, 2.24) is 10.2 Å². The van der Waals surface area contributed by atoms with E-state index in [2.05, 4.69) is 5.32 Å². The molecule has 3 aromatic carbocycles. The number of carbonyl (C=O) groups excluding carboxylic acids is 5. The minimum absolute atomic E-state index is 0.00967. The molecule has 3 atom stereocenters. The van der Waals surface area contributed by atoms with E-state index in [1.165, 1.54) is 48.5 Å². The third-order valence-electron chi connectivity index (χ3n) is 7.51. The van der Waals surface area contributed by atoms with Crippen LogP contribution in [0.2, 0.25) is 0 Å². The Hall–Kier alpha value is -6.45. The molecule has 3 N–H and O–H groups in total. The molecule has 1 aliphatic rings. The topological polar surface area (TPSA) is 215 Å². The van der Waals surface area contributed by atoms with Gasteiger partial charge in [0.2, 0.25) is 12.2 Å². The van der Waals surface area contributed by atoms with Crippen molar-refractivity contribution in [2.45, 2.75) is 57.5 Å². The van der Waals surface area contributed by atoms with Crippen LogP contribution in [0, 0.1) is 0 Å². The smallest absolute Gasteiger partial charge is 0.493 e. The lowest BCUT2D eigenvalue weighted by Gasteiger charge is -2.46. The average Bonchev–Trinajstić information content (AvgIpc) is 3.10. The first kappa shape index (κ1) is 38.4. The van der Waals surface area contributed by atoms with Gasteiger partial charge in [-0.05, 0) is 68.3 Å². The Morgan fingerprint density at radius 3 is 2.12 bits per heavy atom. The molecule has 16 heteroatoms. The van der Waals surface area contributed by atoms with Crippen LogP contribution in [0.3, 0.4) is 0 Å². The van der Waals surface area contributed by atoms with Gasteiger partial charge in [0.15, 0.2) is 6.04 Å². The standard InChI is InChI=1S/C36H37N3O13/c1-36(2,3)52-34(47)37-27(32(43)44)17-18-49-25-15-11-24(12-16-25)39(29(41)20-40)28-19-38(31(28)42)30(33(45)46)23-9-13-26(14-10-23)51-35(48)50-21-22-7-5-4-6-8-22/h4-16,20,27-28,30H,17-19,21H2,1-3H3,(H,37,47)(H,43,44)(H,45,46). The molecule has 0 aromatic heterocycles. The molecule has 3 aromatic rings. The maximum Gasteiger partial charge on any atom is 0.514 e. The number of anilines is 1. The van der Waals surface area contributed by atoms with Gasteiger partial charge >= 0.3 is 24.2 Å². The number of ether oxygens (including phenoxy) is 4. The van der Waals surface area contributed by atoms with Gasteiger partial charge in [-0.15, -0.1) is 0 Å². The van der Waals surface area contributed by atoms with Crippen LogP contribution in [0.15, 0.2) is 78.9 Å². The molecule has 1 fully saturated rings. The van der Waals surface area contributed by atoms with Crippen LogP contribution in [0.1, 0.15) is 44.4 Å². The summed E-state index contributed by atoms with van der Waals surface area (Å²) < 4.78 is 20.9. The lowest BCUT2D eigenvalue weighted by atomic mass is 9.96. The van der Waals surface area contributed by atoms with E-state index in [0.717, 1.165) is 15.4 Å². The maximum absolute atomic E-state index is 13.4. The predicted molar refractivity (Wildman–Crippen MR) is 180 cm³/mol. The number of hydrogen-bond acceptors (Lipinski definition) is 11. The molecule has 4 rings (SSSR count). The van der Waals surface area contributed by atoms with Crippen LogP contribution in [-0.4, -0.2) is 88.2 Å². The summed E-state index contributed by atoms with van der Waals surface area (Å²) in [6.45, 7) is 4.55. The van der Waals surface area contributed by atoms with Crippen molar-refractivity contribution < 1.29 is 62.7 Å². The Morgan fingerprint density at radius 2 is 1.56 bits per heavy atom. The molecule has 1 aliphatic heterocycles. The number of aliphatic carboxylic acids is 2. The van der Waals surface area contributed by atoms with Crippen molar-refractivity contribution in [1.29, 1.82) is 0 Å². The number of nitrogens with zero attached hydrogens (tertiary/aromatic N) is 2. The van der Waals surface area contributed by atoms with E-state index in [1.807, 2.05) is 6.07 Å². The highest BCUT2D eigenvalue weighted by Crippen LogP contribution is 2.33. The Morgan fingerprint density at radius 1 is 0.923 bits per heavy atom. The molecule has 3 amide bonds. The van der Waals surface area contributed by atoms with Crippen molar-refractivity contribution in [2.24, 2.45) is 0 Å². The molecule has 0 spiro atoms. The van der Waals surface area contributed by atoms with E-state index in [0.29, 0.717) is 0 Å². The Kier molecular flexibility index (Phi) is 12.5. The summed E-state index contributed by atoms with van der Waals surface area (Å²) in [5.74, 6) is -4.09. The summed E-state index contributed by atoms with van der Waals surface area (Å²) in [4.78, 5) is 87.5. The Bertz CT molecular complexity index is 1770. The van der Waals surface area contributed by atoms with Crippen LogP contribution >= 0.6 is 0 Å². The molecular formula is C36H37N3O13. The number of benzene rings is 3. The number of carboxylic acid groups (broad SMARTS) is 2. The van der Waals surface area contributed by atoms with Crippen LogP contribution < -0.4 is 19.7 Å². The van der Waals surface area contributed by atoms with Gasteiger partial charge in [0.1, 0.15) is 35.8 Å². The lowest BCUT2D eigenvalue weighted by Crippen LogP contribution is -2.67. The number of nitrogens with one attached hydrogen (secondary N) is 1. The van der Waals surface area contributed by atoms with E-state index in [1.54, 1.807) is 45.0 Å². The zero-order chi connectivity index (χ0) is 38.0. The number of aldehydes is 1. The van der Waals surface area contributed by atoms with E-state index >= 15 is 0 Å². The second kappa shape index (κ2) is 17.0. The summed E-state index contributed by atoms with van der Waals surface area (Å²) in [6, 6.07) is 16.1. The first-order chi connectivity index (χ1) is 24.7. The number of amides is 3. The van der Waals surface area contributed by atoms with Crippen LogP contribution in [-0.2, 0) is 40.1 Å². The molecule has 52 heavy (non-hydrogen) atoms. The van der Waals surface area contributed by atoms with Gasteiger partial charge in [-0.25, -0.2) is 19.2 Å². The summed E-state index contributed by atoms with van der Waals surface area (Å²) in [5.41, 5.74) is 0.262. The average molecular weight is 720 g/mol. The number of carbonyl (C=O) groups is 7. The number of alkyl carbamates (subject to hydrolysis) is 1. The Labute approximate surface area is 297 Å². The highest BCUT2D eigenvalue weighted by molar-refractivity contribution is 6.32. The highest BCUT2D eigenvalue weighted by Gasteiger charge is 2.48. The monoisotopic (exact) mass is 719 g/mol. The molecule has 0 aliphatic carbocycles. The largest absolute Gasteiger partial charge is 0.514 e. The maximum atomic E-state index is 13.4. The quantitative estimate of drug-likeness (QED) is 0.0672. The fourth-order valence-corrected chi connectivity index (χ4v) is 5.10. The number of β-lactam (4-membered cyclic amide) rings is 1. The third kappa shape index (κ3) is 10.3. The van der Waals surface area contributed by atoms with Gasteiger partial charge in [-0.1, -0.05) is 42.5 Å². The van der Waals surface area contributed by atoms with Crippen molar-refractivity contribution in [3.8, 4) is 11.5 Å². The highest BCUT2D eigenvalue weighted by atomic mass is 16.7. The summed E-state index contributed by atoms with van der Waals surface area (Å²) in [7, 11) is 0. The minimum Gasteiger partial charge on any atom is -0.493 e. The molecular weight excluding hydrogens is 682 g/mol. The van der Waals surface area contributed by atoms with E-state index in [-0.39, 0.29) is 55.2 Å². The molecule has 0 bridgehead atoms. The van der Waals surface area contributed by atoms with Crippen molar-refractivity contribution in [3.05, 3.63) is 90.0 Å². The molecule has 16 nitrogen and oxygen atoms in total. The van der Waals surface area contributed by atoms with Crippen molar-refractivity contribution in [3.63, 3.8) is 0 Å². The summed E-state index contributed by atoms with van der Waals surface area (Å²) >= 11 is 0. The molecule has 0 saturated carbocycles. The number of hydrogen-bond donors (Lipinski definition) is 3. The summed E-state index contributed by atoms with van der Waals surface area (Å²) in [5, 5.41) is 21.7. The van der Waals surface area contributed by atoms with Crippen LogP contribution in [0.25, 0.3) is 0 Å². The van der Waals surface area contributed by atoms with Gasteiger partial charge in [-0.2, -0.15) is 0 Å². The van der Waals surface area contributed by atoms with E-state index in [9.17, 15) is 43.8 Å². The lowest BCUT2D eigenvalue weighted by molar-refractivity contribution is -0.159. The fourth-order valence-electron chi connectivity index (χ4n) is 5.10. The third-order valence-corrected chi connectivity index (χ3v) is 7.51. The molecule has 1 saturated heterocycles. The first-order valence-electron chi connectivity index (χ1n) is 15.9. The van der Waals surface area contributed by atoms with Gasteiger partial charge in [-0.3, -0.25) is 19.3 Å². The van der Waals surface area contributed by atoms with Crippen LogP contribution in [0.4, 0.5) is 15.3 Å². The normalized spacial score (nSPS) is 14.9. The van der Waals surface area contributed by atoms with Gasteiger partial charge < -0.3 is 39.4 Å². The number of likely N-dealkylation sites (tertiary alicyclic amines) is 1. The minimum atomic E-state index is -1.45. The van der Waals surface area contributed by atoms with E-state index < -0.39 is 59.7 Å². The van der Waals surface area contributed by atoms with E-state index in [4.69, 9.17) is 18.9 Å². The number of rotatable bonds is 15.